The van der Waals surface area contributed by atoms with E-state index in [0.29, 0.717) is 56.0 Å². The van der Waals surface area contributed by atoms with Gasteiger partial charge in [0.2, 0.25) is 17.9 Å². The van der Waals surface area contributed by atoms with Gasteiger partial charge in [0.15, 0.2) is 5.60 Å². The van der Waals surface area contributed by atoms with Crippen LogP contribution in [0.5, 0.6) is 5.88 Å². The van der Waals surface area contributed by atoms with E-state index in [-0.39, 0.29) is 17.2 Å². The molecule has 0 saturated carbocycles. The fourth-order valence-corrected chi connectivity index (χ4v) is 6.78. The normalized spacial score (nSPS) is 25.0. The van der Waals surface area contributed by atoms with Crippen molar-refractivity contribution < 1.29 is 32.5 Å². The van der Waals surface area contributed by atoms with Gasteiger partial charge in [-0.25, -0.2) is 0 Å². The van der Waals surface area contributed by atoms with Gasteiger partial charge in [-0.2, -0.15) is 28.2 Å². The van der Waals surface area contributed by atoms with Crippen LogP contribution in [0, 0.1) is 12.3 Å². The topological polar surface area (TPSA) is 141 Å². The lowest BCUT2D eigenvalue weighted by Crippen LogP contribution is -2.59. The van der Waals surface area contributed by atoms with E-state index >= 15 is 13.2 Å². The standard InChI is InChI=1S/C32H36F3N7O4/c1-20-9-13-42(40-20)24-16-22(21-6-4-3-5-7-21)8-10-31(24,45-2)28(32(33,34)35)46-26-17-25(38-29(36)39-26)41-14-11-30(12-15-41)18-23(27(43)44)37-19-30/h3-10,13,16-17,23-24,28,37H,11-12,14-15,18-19H2,1-2H3,(H,43,44)(H2,36,38,39)/t23-,24?,28?,31?/m0/s1. The second-order valence-corrected chi connectivity index (χ2v) is 12.2. The fraction of sp³-hybridized carbons (Fsp3) is 0.438. The molecule has 4 heterocycles. The molecule has 1 aromatic carbocycles. The van der Waals surface area contributed by atoms with Gasteiger partial charge in [0.1, 0.15) is 17.9 Å². The molecular weight excluding hydrogens is 603 g/mol. The van der Waals surface area contributed by atoms with Crippen LogP contribution >= 0.6 is 0 Å². The third-order valence-electron chi connectivity index (χ3n) is 9.27. The Hall–Kier alpha value is -4.43. The van der Waals surface area contributed by atoms with Gasteiger partial charge in [0, 0.05) is 39.0 Å². The molecule has 2 aliphatic heterocycles. The number of nitrogens with two attached hydrogens (primary N) is 1. The van der Waals surface area contributed by atoms with Crippen molar-refractivity contribution in [3.63, 3.8) is 0 Å². The predicted molar refractivity (Wildman–Crippen MR) is 164 cm³/mol. The van der Waals surface area contributed by atoms with Gasteiger partial charge in [-0.15, -0.1) is 0 Å². The van der Waals surface area contributed by atoms with Crippen molar-refractivity contribution in [3.05, 3.63) is 78.1 Å². The van der Waals surface area contributed by atoms with Gasteiger partial charge in [0.25, 0.3) is 0 Å². The molecule has 14 heteroatoms. The Morgan fingerprint density at radius 3 is 2.52 bits per heavy atom. The minimum atomic E-state index is -4.91. The zero-order valence-electron chi connectivity index (χ0n) is 25.4. The van der Waals surface area contributed by atoms with Crippen LogP contribution in [0.1, 0.15) is 36.6 Å². The first-order chi connectivity index (χ1) is 21.9. The summed E-state index contributed by atoms with van der Waals surface area (Å²) in [5.74, 6) is -1.13. The zero-order chi connectivity index (χ0) is 32.7. The number of halogens is 3. The van der Waals surface area contributed by atoms with Crippen LogP contribution in [0.2, 0.25) is 0 Å². The number of benzene rings is 1. The minimum Gasteiger partial charge on any atom is -0.480 e. The van der Waals surface area contributed by atoms with Crippen LogP contribution in [-0.2, 0) is 9.53 Å². The van der Waals surface area contributed by atoms with E-state index < -0.39 is 35.9 Å². The molecule has 11 nitrogen and oxygen atoms in total. The smallest absolute Gasteiger partial charge is 0.428 e. The molecule has 4 atom stereocenters. The highest BCUT2D eigenvalue weighted by Crippen LogP contribution is 2.46. The van der Waals surface area contributed by atoms with Crippen molar-refractivity contribution in [2.75, 3.05) is 37.4 Å². The van der Waals surface area contributed by atoms with E-state index in [2.05, 4.69) is 20.4 Å². The van der Waals surface area contributed by atoms with Gasteiger partial charge in [-0.1, -0.05) is 36.4 Å². The highest BCUT2D eigenvalue weighted by Gasteiger charge is 2.60. The molecule has 0 radical (unpaired) electrons. The molecule has 3 aliphatic rings. The second kappa shape index (κ2) is 12.1. The van der Waals surface area contributed by atoms with Gasteiger partial charge in [-0.05, 0) is 61.0 Å². The van der Waals surface area contributed by atoms with E-state index in [9.17, 15) is 9.90 Å². The number of hydrogen-bond acceptors (Lipinski definition) is 9. The monoisotopic (exact) mass is 639 g/mol. The number of carboxylic acid groups (broad SMARTS) is 1. The maximum absolute atomic E-state index is 15.1. The Morgan fingerprint density at radius 2 is 1.91 bits per heavy atom. The zero-order valence-corrected chi connectivity index (χ0v) is 25.4. The lowest BCUT2D eigenvalue weighted by molar-refractivity contribution is -0.249. The highest BCUT2D eigenvalue weighted by atomic mass is 19.4. The first-order valence-electron chi connectivity index (χ1n) is 15.0. The number of nitrogen functional groups attached to an aromatic ring is 1. The molecular formula is C32H36F3N7O4. The first kappa shape index (κ1) is 31.5. The molecule has 0 bridgehead atoms. The number of aromatic nitrogens is 4. The molecule has 0 amide bonds. The van der Waals surface area contributed by atoms with E-state index in [1.165, 1.54) is 23.9 Å². The SMILES string of the molecule is COC1(C(Oc2cc(N3CCC4(CC3)CN[C@H](C(=O)O)C4)nc(N)n2)C(F)(F)F)C=CC(c2ccccc2)=CC1n1ccc(C)n1. The molecule has 1 spiro atoms. The van der Waals surface area contributed by atoms with Crippen LogP contribution in [0.25, 0.3) is 5.57 Å². The molecule has 2 saturated heterocycles. The molecule has 2 aromatic heterocycles. The number of aliphatic carboxylic acids is 1. The maximum Gasteiger partial charge on any atom is 0.428 e. The molecule has 3 unspecified atom stereocenters. The molecule has 46 heavy (non-hydrogen) atoms. The number of anilines is 2. The lowest BCUT2D eigenvalue weighted by Gasteiger charge is -2.43. The number of nitrogens with one attached hydrogen (secondary N) is 1. The van der Waals surface area contributed by atoms with Crippen molar-refractivity contribution in [1.29, 1.82) is 0 Å². The molecule has 2 fully saturated rings. The summed E-state index contributed by atoms with van der Waals surface area (Å²) in [6.45, 7) is 3.39. The van der Waals surface area contributed by atoms with Crippen LogP contribution in [0.4, 0.5) is 24.9 Å². The molecule has 3 aromatic rings. The van der Waals surface area contributed by atoms with Gasteiger partial charge >= 0.3 is 12.1 Å². The number of rotatable bonds is 8. The fourth-order valence-electron chi connectivity index (χ4n) is 6.78. The molecule has 6 rings (SSSR count). The van der Waals surface area contributed by atoms with E-state index in [0.717, 1.165) is 5.56 Å². The van der Waals surface area contributed by atoms with Crippen LogP contribution < -0.4 is 20.7 Å². The van der Waals surface area contributed by atoms with E-state index in [1.807, 2.05) is 35.2 Å². The molecule has 4 N–H and O–H groups in total. The molecule has 244 valence electrons. The van der Waals surface area contributed by atoms with E-state index in [4.69, 9.17) is 15.2 Å². The summed E-state index contributed by atoms with van der Waals surface area (Å²) in [5.41, 5.74) is 5.92. The number of alkyl halides is 3. The van der Waals surface area contributed by atoms with Crippen LogP contribution in [0.3, 0.4) is 0 Å². The largest absolute Gasteiger partial charge is 0.480 e. The number of carboxylic acids is 1. The van der Waals surface area contributed by atoms with Crippen molar-refractivity contribution in [3.8, 4) is 5.88 Å². The summed E-state index contributed by atoms with van der Waals surface area (Å²) in [4.78, 5) is 21.7. The average Bonchev–Trinajstić information content (AvgIpc) is 3.66. The Labute approximate surface area is 263 Å². The predicted octanol–water partition coefficient (Wildman–Crippen LogP) is 4.19. The number of piperidine rings is 1. The average molecular weight is 640 g/mol. The Morgan fingerprint density at radius 1 is 1.17 bits per heavy atom. The Bertz CT molecular complexity index is 1640. The number of ether oxygens (including phenoxy) is 2. The van der Waals surface area contributed by atoms with Crippen molar-refractivity contribution in [2.45, 2.75) is 56.2 Å². The number of carbonyl (C=O) groups is 1. The van der Waals surface area contributed by atoms with Gasteiger partial charge < -0.3 is 30.5 Å². The van der Waals surface area contributed by atoms with Crippen LogP contribution in [0.15, 0.2) is 66.9 Å². The van der Waals surface area contributed by atoms with Gasteiger partial charge in [-0.3, -0.25) is 9.48 Å². The van der Waals surface area contributed by atoms with Gasteiger partial charge in [0.05, 0.1) is 5.69 Å². The second-order valence-electron chi connectivity index (χ2n) is 12.2. The quantitative estimate of drug-likeness (QED) is 0.329. The van der Waals surface area contributed by atoms with Crippen molar-refractivity contribution >= 4 is 23.3 Å². The summed E-state index contributed by atoms with van der Waals surface area (Å²) in [5, 5.41) is 16.9. The number of allylic oxidation sites excluding steroid dienone is 2. The van der Waals surface area contributed by atoms with Crippen molar-refractivity contribution in [2.24, 2.45) is 5.41 Å². The Kier molecular flexibility index (Phi) is 8.27. The number of aryl methyl sites for hydroxylation is 1. The third kappa shape index (κ3) is 6.06. The summed E-state index contributed by atoms with van der Waals surface area (Å²) in [6, 6.07) is 10.8. The highest BCUT2D eigenvalue weighted by molar-refractivity contribution is 5.76. The summed E-state index contributed by atoms with van der Waals surface area (Å²) >= 11 is 0. The summed E-state index contributed by atoms with van der Waals surface area (Å²) in [6.07, 6.45) is 0.760. The lowest BCUT2D eigenvalue weighted by atomic mass is 9.76. The van der Waals surface area contributed by atoms with Crippen LogP contribution in [-0.4, -0.2) is 81.5 Å². The number of methoxy groups -OCH3 is 1. The number of hydrogen-bond donors (Lipinski definition) is 3. The summed E-state index contributed by atoms with van der Waals surface area (Å²) < 4.78 is 58.4. The first-order valence-corrected chi connectivity index (χ1v) is 15.0. The maximum atomic E-state index is 15.1. The third-order valence-corrected chi connectivity index (χ3v) is 9.27. The molecule has 1 aliphatic carbocycles. The Balaban J connectivity index is 1.31. The van der Waals surface area contributed by atoms with Crippen molar-refractivity contribution in [1.82, 2.24) is 25.1 Å². The van der Waals surface area contributed by atoms with E-state index in [1.54, 1.807) is 31.3 Å². The number of nitrogens with zero attached hydrogens (tertiary/aromatic N) is 5. The minimum absolute atomic E-state index is 0.164. The summed E-state index contributed by atoms with van der Waals surface area (Å²) in [7, 11) is 1.22.